The van der Waals surface area contributed by atoms with Crippen molar-refractivity contribution in [3.63, 3.8) is 0 Å². The van der Waals surface area contributed by atoms with Crippen LogP contribution in [0.1, 0.15) is 69.2 Å². The number of hydrogen-bond acceptors (Lipinski definition) is 5. The highest BCUT2D eigenvalue weighted by Crippen LogP contribution is 2.28. The second kappa shape index (κ2) is 9.32. The smallest absolute Gasteiger partial charge is 0.169 e. The fraction of sp³-hybridized carbons (Fsp3) is 0.762. The number of anilines is 1. The van der Waals surface area contributed by atoms with Gasteiger partial charge in [-0.15, -0.1) is 5.10 Å². The van der Waals surface area contributed by atoms with Crippen molar-refractivity contribution in [1.29, 1.82) is 5.26 Å². The van der Waals surface area contributed by atoms with Gasteiger partial charge in [-0.25, -0.2) is 0 Å². The maximum atomic E-state index is 9.79. The van der Waals surface area contributed by atoms with Gasteiger partial charge in [0.1, 0.15) is 11.6 Å². The van der Waals surface area contributed by atoms with Gasteiger partial charge in [-0.1, -0.05) is 26.7 Å². The molecule has 0 saturated carbocycles. The predicted molar refractivity (Wildman–Crippen MR) is 105 cm³/mol. The van der Waals surface area contributed by atoms with Gasteiger partial charge in [0.2, 0.25) is 0 Å². The number of nitrogens with zero attached hydrogens (tertiary/aromatic N) is 5. The predicted octanol–water partition coefficient (Wildman–Crippen LogP) is 3.57. The third kappa shape index (κ3) is 4.35. The Bertz CT molecular complexity index is 628. The van der Waals surface area contributed by atoms with Crippen LogP contribution < -0.4 is 4.90 Å². The first kappa shape index (κ1) is 19.1. The molecular weight excluding hydrogens is 322 g/mol. The molecule has 26 heavy (non-hydrogen) atoms. The van der Waals surface area contributed by atoms with E-state index in [0.717, 1.165) is 48.6 Å². The van der Waals surface area contributed by atoms with E-state index in [4.69, 9.17) is 0 Å². The van der Waals surface area contributed by atoms with E-state index >= 15 is 0 Å². The maximum absolute atomic E-state index is 9.79. The molecule has 1 atom stereocenters. The summed E-state index contributed by atoms with van der Waals surface area (Å²) in [5.74, 6) is 1.49. The minimum atomic E-state index is 0.672. The quantitative estimate of drug-likeness (QED) is 0.808. The Labute approximate surface area is 158 Å². The van der Waals surface area contributed by atoms with Crippen molar-refractivity contribution in [2.24, 2.45) is 5.92 Å². The van der Waals surface area contributed by atoms with Crippen LogP contribution in [0.4, 0.5) is 5.82 Å². The zero-order chi connectivity index (χ0) is 18.4. The van der Waals surface area contributed by atoms with Crippen LogP contribution in [0.15, 0.2) is 0 Å². The zero-order valence-electron chi connectivity index (χ0n) is 16.5. The average Bonchev–Trinajstić information content (AvgIpc) is 2.95. The summed E-state index contributed by atoms with van der Waals surface area (Å²) in [6, 6.07) is 2.44. The number of aromatic nitrogens is 2. The molecule has 0 spiro atoms. The Hall–Kier alpha value is -1.67. The van der Waals surface area contributed by atoms with Crippen molar-refractivity contribution in [2.75, 3.05) is 37.6 Å². The standard InChI is InChI=1S/C21H33N5/c1-3-18-19(14-22)21(24-23-20(18)4-2)26-13-9-10-17(16-26)15-25-11-7-5-6-8-12-25/h17H,3-13,15-16H2,1-2H3. The van der Waals surface area contributed by atoms with Gasteiger partial charge >= 0.3 is 0 Å². The second-order valence-corrected chi connectivity index (χ2v) is 7.81. The molecule has 2 saturated heterocycles. The van der Waals surface area contributed by atoms with Gasteiger partial charge in [-0.3, -0.25) is 0 Å². The Balaban J connectivity index is 1.74. The SMILES string of the molecule is CCc1nnc(N2CCCC(CN3CCCCCC3)C2)c(C#N)c1CC. The molecule has 0 aromatic carbocycles. The van der Waals surface area contributed by atoms with Gasteiger partial charge in [0.25, 0.3) is 0 Å². The number of aryl methyl sites for hydroxylation is 1. The number of hydrogen-bond donors (Lipinski definition) is 0. The fourth-order valence-electron chi connectivity index (χ4n) is 4.59. The highest BCUT2D eigenvalue weighted by molar-refractivity contribution is 5.58. The van der Waals surface area contributed by atoms with Crippen molar-refractivity contribution in [3.05, 3.63) is 16.8 Å². The van der Waals surface area contributed by atoms with Crippen LogP contribution in [0.3, 0.4) is 0 Å². The lowest BCUT2D eigenvalue weighted by Crippen LogP contribution is -2.42. The van der Waals surface area contributed by atoms with Crippen molar-refractivity contribution in [2.45, 2.75) is 65.2 Å². The van der Waals surface area contributed by atoms with Gasteiger partial charge < -0.3 is 9.80 Å². The molecular formula is C21H33N5. The molecule has 142 valence electrons. The molecule has 1 aromatic heterocycles. The normalized spacial score (nSPS) is 22.0. The minimum Gasteiger partial charge on any atom is -0.354 e. The summed E-state index contributed by atoms with van der Waals surface area (Å²) in [5, 5.41) is 18.7. The Morgan fingerprint density at radius 3 is 2.42 bits per heavy atom. The lowest BCUT2D eigenvalue weighted by Gasteiger charge is -2.36. The summed E-state index contributed by atoms with van der Waals surface area (Å²) in [6.07, 6.45) is 9.62. The number of likely N-dealkylation sites (tertiary alicyclic amines) is 1. The molecule has 5 nitrogen and oxygen atoms in total. The van der Waals surface area contributed by atoms with Gasteiger partial charge in [0.05, 0.1) is 5.69 Å². The molecule has 1 aromatic rings. The van der Waals surface area contributed by atoms with Crippen molar-refractivity contribution in [3.8, 4) is 6.07 Å². The van der Waals surface area contributed by atoms with E-state index in [1.807, 2.05) is 0 Å². The van der Waals surface area contributed by atoms with E-state index in [9.17, 15) is 5.26 Å². The summed E-state index contributed by atoms with van der Waals surface area (Å²) < 4.78 is 0. The van der Waals surface area contributed by atoms with Gasteiger partial charge in [0, 0.05) is 19.6 Å². The van der Waals surface area contributed by atoms with Gasteiger partial charge in [-0.05, 0) is 63.1 Å². The molecule has 3 rings (SSSR count). The van der Waals surface area contributed by atoms with Gasteiger partial charge in [-0.2, -0.15) is 10.4 Å². The highest BCUT2D eigenvalue weighted by Gasteiger charge is 2.26. The van der Waals surface area contributed by atoms with E-state index in [1.165, 1.54) is 58.2 Å². The topological polar surface area (TPSA) is 56.1 Å². The van der Waals surface area contributed by atoms with Crippen LogP contribution in [0.2, 0.25) is 0 Å². The van der Waals surface area contributed by atoms with E-state index in [-0.39, 0.29) is 0 Å². The zero-order valence-corrected chi connectivity index (χ0v) is 16.5. The lowest BCUT2D eigenvalue weighted by atomic mass is 9.96. The molecule has 2 aliphatic rings. The first-order valence-electron chi connectivity index (χ1n) is 10.5. The molecule has 0 radical (unpaired) electrons. The molecule has 2 aliphatic heterocycles. The molecule has 0 bridgehead atoms. The van der Waals surface area contributed by atoms with Crippen LogP contribution in [-0.2, 0) is 12.8 Å². The first-order chi connectivity index (χ1) is 12.8. The van der Waals surface area contributed by atoms with Gasteiger partial charge in [0.15, 0.2) is 5.82 Å². The molecule has 0 N–H and O–H groups in total. The number of nitriles is 1. The van der Waals surface area contributed by atoms with E-state index in [1.54, 1.807) is 0 Å². The molecule has 5 heteroatoms. The Morgan fingerprint density at radius 1 is 1.00 bits per heavy atom. The van der Waals surface area contributed by atoms with Crippen LogP contribution in [0.25, 0.3) is 0 Å². The van der Waals surface area contributed by atoms with Crippen molar-refractivity contribution in [1.82, 2.24) is 15.1 Å². The molecule has 0 amide bonds. The van der Waals surface area contributed by atoms with E-state index in [0.29, 0.717) is 5.92 Å². The largest absolute Gasteiger partial charge is 0.354 e. The Morgan fingerprint density at radius 2 is 1.77 bits per heavy atom. The second-order valence-electron chi connectivity index (χ2n) is 7.81. The summed E-state index contributed by atoms with van der Waals surface area (Å²) in [4.78, 5) is 4.99. The highest BCUT2D eigenvalue weighted by atomic mass is 15.3. The van der Waals surface area contributed by atoms with E-state index < -0.39 is 0 Å². The van der Waals surface area contributed by atoms with Crippen LogP contribution >= 0.6 is 0 Å². The minimum absolute atomic E-state index is 0.672. The number of piperidine rings is 1. The van der Waals surface area contributed by atoms with E-state index in [2.05, 4.69) is 39.9 Å². The lowest BCUT2D eigenvalue weighted by molar-refractivity contribution is 0.222. The van der Waals surface area contributed by atoms with Crippen molar-refractivity contribution < 1.29 is 0 Å². The summed E-state index contributed by atoms with van der Waals surface area (Å²) in [7, 11) is 0. The maximum Gasteiger partial charge on any atom is 0.169 e. The molecule has 2 fully saturated rings. The summed E-state index contributed by atoms with van der Waals surface area (Å²) in [6.45, 7) is 9.90. The Kier molecular flexibility index (Phi) is 6.85. The number of rotatable bonds is 5. The van der Waals surface area contributed by atoms with Crippen LogP contribution in [-0.4, -0.2) is 47.8 Å². The van der Waals surface area contributed by atoms with Crippen molar-refractivity contribution >= 4 is 5.82 Å². The van der Waals surface area contributed by atoms with Crippen LogP contribution in [0, 0.1) is 17.2 Å². The fourth-order valence-corrected chi connectivity index (χ4v) is 4.59. The molecule has 0 aliphatic carbocycles. The molecule has 3 heterocycles. The third-order valence-corrected chi connectivity index (χ3v) is 5.97. The van der Waals surface area contributed by atoms with Crippen LogP contribution in [0.5, 0.6) is 0 Å². The average molecular weight is 356 g/mol. The molecule has 1 unspecified atom stereocenters. The summed E-state index contributed by atoms with van der Waals surface area (Å²) in [5.41, 5.74) is 2.83. The monoisotopic (exact) mass is 355 g/mol. The third-order valence-electron chi connectivity index (χ3n) is 5.97. The first-order valence-corrected chi connectivity index (χ1v) is 10.5. The summed E-state index contributed by atoms with van der Waals surface area (Å²) >= 11 is 0.